The van der Waals surface area contributed by atoms with Crippen LogP contribution < -0.4 is 4.74 Å². The van der Waals surface area contributed by atoms with Crippen LogP contribution in [0.3, 0.4) is 0 Å². The summed E-state index contributed by atoms with van der Waals surface area (Å²) in [6, 6.07) is 5.64. The Balaban J connectivity index is 3.04. The average Bonchev–Trinajstić information content (AvgIpc) is 1.95. The van der Waals surface area contributed by atoms with Crippen LogP contribution >= 0.6 is 28.6 Å². The largest absolute Gasteiger partial charge is 0.497 e. The van der Waals surface area contributed by atoms with Crippen LogP contribution in [0.15, 0.2) is 27.6 Å². The molecule has 0 amide bonds. The van der Waals surface area contributed by atoms with Gasteiger partial charge in [0.2, 0.25) is 0 Å². The third-order valence-electron chi connectivity index (χ3n) is 1.15. The molecule has 0 unspecified atom stereocenters. The second kappa shape index (κ2) is 3.30. The van der Waals surface area contributed by atoms with Crippen LogP contribution in [0.1, 0.15) is 0 Å². The van der Waals surface area contributed by atoms with E-state index in [1.54, 1.807) is 7.11 Å². The van der Waals surface area contributed by atoms with E-state index >= 15 is 0 Å². The highest BCUT2D eigenvalue weighted by Crippen LogP contribution is 2.24. The fourth-order valence-corrected chi connectivity index (χ4v) is 1.07. The van der Waals surface area contributed by atoms with Crippen LogP contribution in [0, 0.1) is 0 Å². The van der Waals surface area contributed by atoms with Crippen molar-refractivity contribution >= 4 is 28.6 Å². The van der Waals surface area contributed by atoms with E-state index in [1.807, 2.05) is 18.2 Å². The van der Waals surface area contributed by atoms with Gasteiger partial charge in [-0.3, -0.25) is 0 Å². The Kier molecular flexibility index (Phi) is 2.63. The fourth-order valence-electron chi connectivity index (χ4n) is 0.619. The molecule has 0 aliphatic carbocycles. The summed E-state index contributed by atoms with van der Waals surface area (Å²) in [6.07, 6.45) is 0. The highest BCUT2D eigenvalue weighted by Gasteiger charge is 1.95. The van der Waals surface area contributed by atoms with Gasteiger partial charge in [-0.25, -0.2) is 0 Å². The summed E-state index contributed by atoms with van der Waals surface area (Å²) in [7, 11) is 1.64. The molecule has 3 heteroatoms. The first-order chi connectivity index (χ1) is 4.74. The SMILES string of the molecule is COc1ccc(Br)c(S)c1. The van der Waals surface area contributed by atoms with Crippen molar-refractivity contribution in [3.05, 3.63) is 22.7 Å². The molecule has 54 valence electrons. The lowest BCUT2D eigenvalue weighted by atomic mass is 10.3. The molecule has 1 nitrogen and oxygen atoms in total. The number of thiol groups is 1. The van der Waals surface area contributed by atoms with Crippen molar-refractivity contribution in [2.45, 2.75) is 4.90 Å². The summed E-state index contributed by atoms with van der Waals surface area (Å²) in [4.78, 5) is 0.888. The molecule has 0 atom stereocenters. The van der Waals surface area contributed by atoms with Gasteiger partial charge in [-0.05, 0) is 34.1 Å². The monoisotopic (exact) mass is 218 g/mol. The molecule has 0 aliphatic rings. The summed E-state index contributed by atoms with van der Waals surface area (Å²) in [6.45, 7) is 0. The van der Waals surface area contributed by atoms with E-state index in [9.17, 15) is 0 Å². The Hall–Kier alpha value is -0.150. The third-order valence-corrected chi connectivity index (χ3v) is 2.52. The quantitative estimate of drug-likeness (QED) is 0.714. The second-order valence-electron chi connectivity index (χ2n) is 1.82. The molecule has 0 N–H and O–H groups in total. The molecule has 0 radical (unpaired) electrons. The van der Waals surface area contributed by atoms with E-state index in [0.29, 0.717) is 0 Å². The van der Waals surface area contributed by atoms with Crippen molar-refractivity contribution < 1.29 is 4.74 Å². The Bertz CT molecular complexity index is 237. The van der Waals surface area contributed by atoms with Gasteiger partial charge in [0.15, 0.2) is 0 Å². The molecule has 0 aliphatic heterocycles. The molecular formula is C7H7BrOS. The average molecular weight is 219 g/mol. The highest BCUT2D eigenvalue weighted by atomic mass is 79.9. The first-order valence-corrected chi connectivity index (χ1v) is 4.00. The van der Waals surface area contributed by atoms with Gasteiger partial charge in [0.1, 0.15) is 5.75 Å². The van der Waals surface area contributed by atoms with Crippen molar-refractivity contribution in [2.75, 3.05) is 7.11 Å². The van der Waals surface area contributed by atoms with Gasteiger partial charge in [0.05, 0.1) is 7.11 Å². The molecule has 0 aromatic heterocycles. The minimum atomic E-state index is 0.827. The molecule has 1 rings (SSSR count). The van der Waals surface area contributed by atoms with Crippen molar-refractivity contribution in [1.29, 1.82) is 0 Å². The van der Waals surface area contributed by atoms with Crippen molar-refractivity contribution in [3.8, 4) is 5.75 Å². The third kappa shape index (κ3) is 1.67. The summed E-state index contributed by atoms with van der Waals surface area (Å²) >= 11 is 7.52. The molecule has 0 saturated carbocycles. The van der Waals surface area contributed by atoms with Crippen LogP contribution in [0.2, 0.25) is 0 Å². The Morgan fingerprint density at radius 1 is 1.50 bits per heavy atom. The molecule has 0 spiro atoms. The minimum Gasteiger partial charge on any atom is -0.497 e. The van der Waals surface area contributed by atoms with E-state index in [-0.39, 0.29) is 0 Å². The molecule has 0 fully saturated rings. The summed E-state index contributed by atoms with van der Waals surface area (Å²) in [5.41, 5.74) is 0. The summed E-state index contributed by atoms with van der Waals surface area (Å²) in [5.74, 6) is 0.827. The smallest absolute Gasteiger partial charge is 0.120 e. The number of hydrogen-bond acceptors (Lipinski definition) is 2. The lowest BCUT2D eigenvalue weighted by Gasteiger charge is -2.00. The maximum atomic E-state index is 4.98. The van der Waals surface area contributed by atoms with Gasteiger partial charge in [0, 0.05) is 9.37 Å². The Morgan fingerprint density at radius 3 is 2.70 bits per heavy atom. The maximum Gasteiger partial charge on any atom is 0.120 e. The topological polar surface area (TPSA) is 9.23 Å². The van der Waals surface area contributed by atoms with Crippen LogP contribution in [-0.4, -0.2) is 7.11 Å². The van der Waals surface area contributed by atoms with Crippen LogP contribution in [0.5, 0.6) is 5.75 Å². The van der Waals surface area contributed by atoms with Gasteiger partial charge in [-0.2, -0.15) is 0 Å². The number of ether oxygens (including phenoxy) is 1. The zero-order valence-corrected chi connectivity index (χ0v) is 7.95. The van der Waals surface area contributed by atoms with Gasteiger partial charge < -0.3 is 4.74 Å². The number of hydrogen-bond donors (Lipinski definition) is 1. The van der Waals surface area contributed by atoms with Gasteiger partial charge in [-0.1, -0.05) is 0 Å². The lowest BCUT2D eigenvalue weighted by Crippen LogP contribution is -1.81. The van der Waals surface area contributed by atoms with E-state index in [2.05, 4.69) is 28.6 Å². The number of halogens is 1. The van der Waals surface area contributed by atoms with E-state index < -0.39 is 0 Å². The summed E-state index contributed by atoms with van der Waals surface area (Å²) in [5, 5.41) is 0. The van der Waals surface area contributed by atoms with Crippen molar-refractivity contribution in [2.24, 2.45) is 0 Å². The van der Waals surface area contributed by atoms with Gasteiger partial charge in [-0.15, -0.1) is 12.6 Å². The summed E-state index contributed by atoms with van der Waals surface area (Å²) < 4.78 is 5.96. The first kappa shape index (κ1) is 7.95. The van der Waals surface area contributed by atoms with Crippen LogP contribution in [-0.2, 0) is 0 Å². The molecule has 0 bridgehead atoms. The van der Waals surface area contributed by atoms with Crippen LogP contribution in [0.25, 0.3) is 0 Å². The van der Waals surface area contributed by atoms with E-state index in [1.165, 1.54) is 0 Å². The standard InChI is InChI=1S/C7H7BrOS/c1-9-5-2-3-6(8)7(10)4-5/h2-4,10H,1H3. The zero-order valence-electron chi connectivity index (χ0n) is 5.47. The molecule has 10 heavy (non-hydrogen) atoms. The lowest BCUT2D eigenvalue weighted by molar-refractivity contribution is 0.413. The number of methoxy groups -OCH3 is 1. The molecule has 0 heterocycles. The first-order valence-electron chi connectivity index (χ1n) is 2.76. The van der Waals surface area contributed by atoms with Crippen molar-refractivity contribution in [1.82, 2.24) is 0 Å². The molecular weight excluding hydrogens is 212 g/mol. The predicted molar refractivity (Wildman–Crippen MR) is 47.9 cm³/mol. The molecule has 0 saturated heterocycles. The Morgan fingerprint density at radius 2 is 2.20 bits per heavy atom. The molecule has 1 aromatic carbocycles. The molecule has 1 aromatic rings. The maximum absolute atomic E-state index is 4.98. The van der Waals surface area contributed by atoms with E-state index in [0.717, 1.165) is 15.1 Å². The van der Waals surface area contributed by atoms with E-state index in [4.69, 9.17) is 4.74 Å². The zero-order chi connectivity index (χ0) is 7.56. The fraction of sp³-hybridized carbons (Fsp3) is 0.143. The Labute approximate surface area is 73.9 Å². The second-order valence-corrected chi connectivity index (χ2v) is 3.15. The number of benzene rings is 1. The minimum absolute atomic E-state index is 0.827. The predicted octanol–water partition coefficient (Wildman–Crippen LogP) is 2.75. The number of rotatable bonds is 1. The normalized spacial score (nSPS) is 9.50. The van der Waals surface area contributed by atoms with Crippen molar-refractivity contribution in [3.63, 3.8) is 0 Å². The van der Waals surface area contributed by atoms with Gasteiger partial charge in [0.25, 0.3) is 0 Å². The van der Waals surface area contributed by atoms with Gasteiger partial charge >= 0.3 is 0 Å². The highest BCUT2D eigenvalue weighted by molar-refractivity contribution is 9.10. The van der Waals surface area contributed by atoms with Crippen LogP contribution in [0.4, 0.5) is 0 Å².